The summed E-state index contributed by atoms with van der Waals surface area (Å²) in [4.78, 5) is 12.0. The molecule has 19 heavy (non-hydrogen) atoms. The number of nitrogens with two attached hydrogens (primary N) is 1. The molecule has 110 valence electrons. The molecule has 3 N–H and O–H groups in total. The first-order valence-corrected chi connectivity index (χ1v) is 8.14. The van der Waals surface area contributed by atoms with Crippen LogP contribution in [-0.4, -0.2) is 19.0 Å². The van der Waals surface area contributed by atoms with Crippen LogP contribution in [0.1, 0.15) is 64.7 Å². The van der Waals surface area contributed by atoms with Crippen LogP contribution in [0, 0.1) is 17.3 Å². The van der Waals surface area contributed by atoms with Gasteiger partial charge in [-0.1, -0.05) is 32.6 Å². The van der Waals surface area contributed by atoms with Crippen LogP contribution in [0.3, 0.4) is 0 Å². The monoisotopic (exact) mass is 266 g/mol. The normalized spacial score (nSPS) is 29.6. The number of hydrogen-bond acceptors (Lipinski definition) is 2. The molecule has 0 unspecified atom stereocenters. The molecule has 0 spiro atoms. The quantitative estimate of drug-likeness (QED) is 0.776. The highest BCUT2D eigenvalue weighted by molar-refractivity contribution is 5.76. The van der Waals surface area contributed by atoms with E-state index in [1.165, 1.54) is 38.5 Å². The molecule has 1 amide bonds. The van der Waals surface area contributed by atoms with Gasteiger partial charge in [-0.25, -0.2) is 0 Å². The fourth-order valence-corrected chi connectivity index (χ4v) is 3.63. The van der Waals surface area contributed by atoms with Crippen LogP contribution in [0.5, 0.6) is 0 Å². The molecule has 0 atom stereocenters. The van der Waals surface area contributed by atoms with E-state index in [4.69, 9.17) is 5.73 Å². The lowest BCUT2D eigenvalue weighted by Crippen LogP contribution is -2.42. The Morgan fingerprint density at radius 3 is 2.32 bits per heavy atom. The smallest absolute Gasteiger partial charge is 0.220 e. The molecule has 0 aromatic heterocycles. The van der Waals surface area contributed by atoms with Gasteiger partial charge in [0.15, 0.2) is 0 Å². The number of carbonyl (C=O) groups is 1. The number of amides is 1. The Labute approximate surface area is 117 Å². The SMILES string of the molecule is CCC1CCC(CNC(=O)CC2(CN)CCC2)CC1. The highest BCUT2D eigenvalue weighted by Crippen LogP contribution is 2.42. The molecule has 2 aliphatic rings. The lowest BCUT2D eigenvalue weighted by molar-refractivity contribution is -0.125. The van der Waals surface area contributed by atoms with Crippen molar-refractivity contribution in [2.75, 3.05) is 13.1 Å². The molecule has 0 aliphatic heterocycles. The molecule has 2 rings (SSSR count). The number of carbonyl (C=O) groups excluding carboxylic acids is 1. The molecule has 0 bridgehead atoms. The van der Waals surface area contributed by atoms with Gasteiger partial charge in [-0.05, 0) is 49.5 Å². The standard InChI is InChI=1S/C16H30N2O/c1-2-13-4-6-14(7-5-13)11-18-15(19)10-16(12-17)8-3-9-16/h13-14H,2-12,17H2,1H3,(H,18,19). The summed E-state index contributed by atoms with van der Waals surface area (Å²) >= 11 is 0. The van der Waals surface area contributed by atoms with E-state index in [1.54, 1.807) is 0 Å². The van der Waals surface area contributed by atoms with Crippen LogP contribution in [0.2, 0.25) is 0 Å². The fraction of sp³-hybridized carbons (Fsp3) is 0.938. The molecule has 2 fully saturated rings. The van der Waals surface area contributed by atoms with E-state index < -0.39 is 0 Å². The molecule has 0 aromatic rings. The van der Waals surface area contributed by atoms with Gasteiger partial charge in [-0.2, -0.15) is 0 Å². The average molecular weight is 266 g/mol. The molecule has 0 radical (unpaired) electrons. The highest BCUT2D eigenvalue weighted by atomic mass is 16.1. The topological polar surface area (TPSA) is 55.1 Å². The second kappa shape index (κ2) is 6.74. The molecule has 0 aromatic carbocycles. The Kier molecular flexibility index (Phi) is 5.26. The van der Waals surface area contributed by atoms with Crippen LogP contribution in [-0.2, 0) is 4.79 Å². The van der Waals surface area contributed by atoms with Crippen LogP contribution >= 0.6 is 0 Å². The number of rotatable bonds is 6. The molecule has 2 saturated carbocycles. The molecular weight excluding hydrogens is 236 g/mol. The third kappa shape index (κ3) is 3.95. The van der Waals surface area contributed by atoms with Gasteiger partial charge in [-0.15, -0.1) is 0 Å². The lowest BCUT2D eigenvalue weighted by Gasteiger charge is -2.40. The Morgan fingerprint density at radius 2 is 1.84 bits per heavy atom. The van der Waals surface area contributed by atoms with E-state index in [9.17, 15) is 4.79 Å². The average Bonchev–Trinajstić information content (AvgIpc) is 2.41. The minimum absolute atomic E-state index is 0.143. The van der Waals surface area contributed by atoms with Gasteiger partial charge in [0.1, 0.15) is 0 Å². The maximum absolute atomic E-state index is 12.0. The van der Waals surface area contributed by atoms with Gasteiger partial charge in [0, 0.05) is 13.0 Å². The summed E-state index contributed by atoms with van der Waals surface area (Å²) in [7, 11) is 0. The van der Waals surface area contributed by atoms with Crippen LogP contribution in [0.15, 0.2) is 0 Å². The zero-order valence-electron chi connectivity index (χ0n) is 12.4. The van der Waals surface area contributed by atoms with E-state index >= 15 is 0 Å². The van der Waals surface area contributed by atoms with Gasteiger partial charge in [0.2, 0.25) is 5.91 Å². The summed E-state index contributed by atoms with van der Waals surface area (Å²) in [5.41, 5.74) is 5.95. The number of nitrogens with one attached hydrogen (secondary N) is 1. The van der Waals surface area contributed by atoms with Crippen molar-refractivity contribution in [2.24, 2.45) is 23.0 Å². The number of hydrogen-bond donors (Lipinski definition) is 2. The molecule has 3 nitrogen and oxygen atoms in total. The Bertz CT molecular complexity index is 286. The van der Waals surface area contributed by atoms with Gasteiger partial charge < -0.3 is 11.1 Å². The Balaban J connectivity index is 1.64. The minimum Gasteiger partial charge on any atom is -0.356 e. The minimum atomic E-state index is 0.143. The Morgan fingerprint density at radius 1 is 1.21 bits per heavy atom. The van der Waals surface area contributed by atoms with E-state index in [1.807, 2.05) is 0 Å². The second-order valence-electron chi connectivity index (χ2n) is 6.83. The van der Waals surface area contributed by atoms with E-state index in [-0.39, 0.29) is 11.3 Å². The van der Waals surface area contributed by atoms with Crippen molar-refractivity contribution in [3.63, 3.8) is 0 Å². The van der Waals surface area contributed by atoms with E-state index in [2.05, 4.69) is 12.2 Å². The fourth-order valence-electron chi connectivity index (χ4n) is 3.63. The first kappa shape index (κ1) is 14.8. The Hall–Kier alpha value is -0.570. The van der Waals surface area contributed by atoms with Crippen molar-refractivity contribution >= 4 is 5.91 Å². The maximum atomic E-state index is 12.0. The van der Waals surface area contributed by atoms with Gasteiger partial charge in [0.05, 0.1) is 0 Å². The summed E-state index contributed by atoms with van der Waals surface area (Å²) in [6.45, 7) is 3.84. The second-order valence-corrected chi connectivity index (χ2v) is 6.83. The van der Waals surface area contributed by atoms with Crippen LogP contribution in [0.4, 0.5) is 0 Å². The van der Waals surface area contributed by atoms with Gasteiger partial charge >= 0.3 is 0 Å². The predicted molar refractivity (Wildman–Crippen MR) is 78.7 cm³/mol. The summed E-state index contributed by atoms with van der Waals surface area (Å²) in [6.07, 6.45) is 10.8. The van der Waals surface area contributed by atoms with Crippen molar-refractivity contribution in [1.82, 2.24) is 5.32 Å². The third-order valence-electron chi connectivity index (χ3n) is 5.51. The van der Waals surface area contributed by atoms with Gasteiger partial charge in [0.25, 0.3) is 0 Å². The first-order chi connectivity index (χ1) is 9.17. The molecular formula is C16H30N2O. The zero-order chi connectivity index (χ0) is 13.7. The van der Waals surface area contributed by atoms with Crippen molar-refractivity contribution in [1.29, 1.82) is 0 Å². The van der Waals surface area contributed by atoms with Crippen molar-refractivity contribution < 1.29 is 4.79 Å². The summed E-state index contributed by atoms with van der Waals surface area (Å²) < 4.78 is 0. The van der Waals surface area contributed by atoms with Gasteiger partial charge in [-0.3, -0.25) is 4.79 Å². The predicted octanol–water partition coefficient (Wildman–Crippen LogP) is 2.84. The van der Waals surface area contributed by atoms with Crippen LogP contribution < -0.4 is 11.1 Å². The molecule has 0 saturated heterocycles. The largest absolute Gasteiger partial charge is 0.356 e. The van der Waals surface area contributed by atoms with Crippen molar-refractivity contribution in [3.05, 3.63) is 0 Å². The zero-order valence-corrected chi connectivity index (χ0v) is 12.4. The summed E-state index contributed by atoms with van der Waals surface area (Å²) in [5, 5.41) is 3.15. The lowest BCUT2D eigenvalue weighted by atomic mass is 9.66. The van der Waals surface area contributed by atoms with Crippen molar-refractivity contribution in [3.8, 4) is 0 Å². The summed E-state index contributed by atoms with van der Waals surface area (Å²) in [5.74, 6) is 1.87. The maximum Gasteiger partial charge on any atom is 0.220 e. The van der Waals surface area contributed by atoms with E-state index in [0.717, 1.165) is 25.3 Å². The van der Waals surface area contributed by atoms with E-state index in [0.29, 0.717) is 18.9 Å². The molecule has 3 heteroatoms. The molecule has 2 aliphatic carbocycles. The molecule has 0 heterocycles. The van der Waals surface area contributed by atoms with Crippen LogP contribution in [0.25, 0.3) is 0 Å². The third-order valence-corrected chi connectivity index (χ3v) is 5.51. The summed E-state index contributed by atoms with van der Waals surface area (Å²) in [6, 6.07) is 0. The first-order valence-electron chi connectivity index (χ1n) is 8.14. The highest BCUT2D eigenvalue weighted by Gasteiger charge is 2.37. The van der Waals surface area contributed by atoms with Crippen molar-refractivity contribution in [2.45, 2.75) is 64.7 Å².